The Morgan fingerprint density at radius 3 is 2.83 bits per heavy atom. The second-order valence-corrected chi connectivity index (χ2v) is 6.49. The summed E-state index contributed by atoms with van der Waals surface area (Å²) < 4.78 is 5.62. The van der Waals surface area contributed by atoms with Crippen LogP contribution in [0.25, 0.3) is 0 Å². The van der Waals surface area contributed by atoms with Crippen LogP contribution < -0.4 is 5.32 Å². The number of likely N-dealkylation sites (tertiary alicyclic amines) is 1. The molecule has 1 fully saturated rings. The average Bonchev–Trinajstić information content (AvgIpc) is 2.89. The average molecular weight is 250 g/mol. The van der Waals surface area contributed by atoms with Crippen LogP contribution in [0.5, 0.6) is 0 Å². The van der Waals surface area contributed by atoms with Crippen LogP contribution in [0.3, 0.4) is 0 Å². The zero-order valence-electron chi connectivity index (χ0n) is 12.1. The highest BCUT2D eigenvalue weighted by Gasteiger charge is 2.32. The summed E-state index contributed by atoms with van der Waals surface area (Å²) in [6.45, 7) is 11.3. The van der Waals surface area contributed by atoms with Crippen molar-refractivity contribution in [3.8, 4) is 0 Å². The van der Waals surface area contributed by atoms with Crippen LogP contribution in [-0.2, 0) is 13.1 Å². The van der Waals surface area contributed by atoms with Crippen molar-refractivity contribution < 1.29 is 4.42 Å². The van der Waals surface area contributed by atoms with Crippen LogP contribution in [0.15, 0.2) is 16.7 Å². The van der Waals surface area contributed by atoms with Crippen LogP contribution in [0, 0.1) is 11.3 Å². The van der Waals surface area contributed by atoms with Gasteiger partial charge in [-0.15, -0.1) is 0 Å². The lowest BCUT2D eigenvalue weighted by atomic mass is 9.80. The van der Waals surface area contributed by atoms with Gasteiger partial charge in [-0.1, -0.05) is 20.8 Å². The lowest BCUT2D eigenvalue weighted by Gasteiger charge is -2.27. The topological polar surface area (TPSA) is 28.4 Å². The quantitative estimate of drug-likeness (QED) is 0.890. The normalized spacial score (nSPS) is 21.7. The van der Waals surface area contributed by atoms with Crippen LogP contribution in [-0.4, -0.2) is 25.0 Å². The fourth-order valence-corrected chi connectivity index (χ4v) is 2.74. The van der Waals surface area contributed by atoms with Gasteiger partial charge in [0.05, 0.1) is 12.8 Å². The maximum absolute atomic E-state index is 5.62. The van der Waals surface area contributed by atoms with E-state index in [2.05, 4.69) is 37.1 Å². The van der Waals surface area contributed by atoms with Crippen molar-refractivity contribution in [3.05, 3.63) is 23.7 Å². The number of hydrogen-bond acceptors (Lipinski definition) is 3. The molecule has 0 aliphatic carbocycles. The fraction of sp³-hybridized carbons (Fsp3) is 0.733. The highest BCUT2D eigenvalue weighted by molar-refractivity contribution is 5.16. The van der Waals surface area contributed by atoms with Crippen molar-refractivity contribution >= 4 is 0 Å². The molecule has 3 heteroatoms. The van der Waals surface area contributed by atoms with Gasteiger partial charge in [0, 0.05) is 18.7 Å². The summed E-state index contributed by atoms with van der Waals surface area (Å²) in [7, 11) is 1.97. The zero-order valence-corrected chi connectivity index (χ0v) is 12.1. The van der Waals surface area contributed by atoms with E-state index in [0.717, 1.165) is 24.8 Å². The van der Waals surface area contributed by atoms with Gasteiger partial charge in [-0.05, 0) is 37.4 Å². The summed E-state index contributed by atoms with van der Waals surface area (Å²) in [5.74, 6) is 1.93. The Kier molecular flexibility index (Phi) is 4.13. The third-order valence-electron chi connectivity index (χ3n) is 4.07. The lowest BCUT2D eigenvalue weighted by molar-refractivity contribution is 0.219. The molecular weight excluding hydrogens is 224 g/mol. The molecule has 18 heavy (non-hydrogen) atoms. The van der Waals surface area contributed by atoms with Crippen molar-refractivity contribution in [2.75, 3.05) is 20.1 Å². The molecule has 1 saturated heterocycles. The van der Waals surface area contributed by atoms with Gasteiger partial charge in [-0.2, -0.15) is 0 Å². The molecule has 1 aliphatic rings. The Balaban J connectivity index is 1.93. The van der Waals surface area contributed by atoms with Gasteiger partial charge in [0.25, 0.3) is 0 Å². The number of rotatable bonds is 4. The first-order chi connectivity index (χ1) is 8.50. The highest BCUT2D eigenvalue weighted by Crippen LogP contribution is 2.34. The summed E-state index contributed by atoms with van der Waals surface area (Å²) >= 11 is 0. The molecule has 0 amide bonds. The molecule has 0 radical (unpaired) electrons. The van der Waals surface area contributed by atoms with Crippen molar-refractivity contribution in [2.45, 2.75) is 40.3 Å². The Morgan fingerprint density at radius 2 is 2.22 bits per heavy atom. The molecule has 1 N–H and O–H groups in total. The smallest absolute Gasteiger partial charge is 0.122 e. The third-order valence-corrected chi connectivity index (χ3v) is 4.07. The minimum absolute atomic E-state index is 0.422. The third kappa shape index (κ3) is 3.15. The second kappa shape index (κ2) is 5.45. The van der Waals surface area contributed by atoms with E-state index in [-0.39, 0.29) is 0 Å². The SMILES string of the molecule is CNCc1ccoc1CN1CCC(C(C)(C)C)C1. The Hall–Kier alpha value is -0.800. The Labute approximate surface area is 111 Å². The molecule has 3 nitrogen and oxygen atoms in total. The van der Waals surface area contributed by atoms with Crippen molar-refractivity contribution in [3.63, 3.8) is 0 Å². The molecule has 1 unspecified atom stereocenters. The van der Waals surface area contributed by atoms with E-state index >= 15 is 0 Å². The maximum atomic E-state index is 5.62. The molecule has 0 aromatic carbocycles. The molecule has 0 spiro atoms. The van der Waals surface area contributed by atoms with Gasteiger partial charge in [-0.3, -0.25) is 4.90 Å². The molecule has 0 bridgehead atoms. The lowest BCUT2D eigenvalue weighted by Crippen LogP contribution is -2.26. The predicted octanol–water partition coefficient (Wildman–Crippen LogP) is 2.87. The fourth-order valence-electron chi connectivity index (χ4n) is 2.74. The van der Waals surface area contributed by atoms with Crippen molar-refractivity contribution in [2.24, 2.45) is 11.3 Å². The Morgan fingerprint density at radius 1 is 1.44 bits per heavy atom. The largest absolute Gasteiger partial charge is 0.468 e. The maximum Gasteiger partial charge on any atom is 0.122 e. The van der Waals surface area contributed by atoms with Gasteiger partial charge < -0.3 is 9.73 Å². The van der Waals surface area contributed by atoms with Crippen LogP contribution in [0.1, 0.15) is 38.5 Å². The minimum atomic E-state index is 0.422. The molecule has 1 aromatic rings. The van der Waals surface area contributed by atoms with Gasteiger partial charge in [0.1, 0.15) is 5.76 Å². The second-order valence-electron chi connectivity index (χ2n) is 6.49. The van der Waals surface area contributed by atoms with Gasteiger partial charge in [0.15, 0.2) is 0 Å². The number of furan rings is 1. The molecule has 2 heterocycles. The first-order valence-electron chi connectivity index (χ1n) is 6.93. The van der Waals surface area contributed by atoms with E-state index in [9.17, 15) is 0 Å². The van der Waals surface area contributed by atoms with Crippen LogP contribution in [0.4, 0.5) is 0 Å². The van der Waals surface area contributed by atoms with Crippen LogP contribution >= 0.6 is 0 Å². The van der Waals surface area contributed by atoms with Crippen molar-refractivity contribution in [1.29, 1.82) is 0 Å². The predicted molar refractivity (Wildman–Crippen MR) is 74.3 cm³/mol. The summed E-state index contributed by atoms with van der Waals surface area (Å²) in [4.78, 5) is 2.52. The van der Waals surface area contributed by atoms with E-state index < -0.39 is 0 Å². The van der Waals surface area contributed by atoms with Crippen LogP contribution in [0.2, 0.25) is 0 Å². The Bertz CT molecular complexity index is 378. The van der Waals surface area contributed by atoms with E-state index in [0.29, 0.717) is 5.41 Å². The number of nitrogens with one attached hydrogen (secondary N) is 1. The van der Waals surface area contributed by atoms with Gasteiger partial charge in [-0.25, -0.2) is 0 Å². The summed E-state index contributed by atoms with van der Waals surface area (Å²) in [6, 6.07) is 2.07. The number of nitrogens with zero attached hydrogens (tertiary/aromatic N) is 1. The molecule has 0 saturated carbocycles. The van der Waals surface area contributed by atoms with Gasteiger partial charge in [0.2, 0.25) is 0 Å². The molecular formula is C15H26N2O. The first-order valence-corrected chi connectivity index (χ1v) is 6.93. The van der Waals surface area contributed by atoms with Crippen molar-refractivity contribution in [1.82, 2.24) is 10.2 Å². The van der Waals surface area contributed by atoms with E-state index in [4.69, 9.17) is 4.42 Å². The zero-order chi connectivity index (χ0) is 13.2. The summed E-state index contributed by atoms with van der Waals surface area (Å²) in [5, 5.41) is 3.19. The number of hydrogen-bond donors (Lipinski definition) is 1. The molecule has 2 rings (SSSR count). The minimum Gasteiger partial charge on any atom is -0.468 e. The highest BCUT2D eigenvalue weighted by atomic mass is 16.3. The van der Waals surface area contributed by atoms with E-state index in [1.165, 1.54) is 25.1 Å². The summed E-state index contributed by atoms with van der Waals surface area (Å²) in [5.41, 5.74) is 1.71. The molecule has 1 atom stereocenters. The monoisotopic (exact) mass is 250 g/mol. The standard InChI is InChI=1S/C15H26N2O/c1-15(2,3)13-5-7-17(10-13)11-14-12(9-16-4)6-8-18-14/h6,8,13,16H,5,7,9-11H2,1-4H3. The molecule has 1 aromatic heterocycles. The summed E-state index contributed by atoms with van der Waals surface area (Å²) in [6.07, 6.45) is 3.12. The first kappa shape index (κ1) is 13.6. The molecule has 1 aliphatic heterocycles. The molecule has 102 valence electrons. The van der Waals surface area contributed by atoms with E-state index in [1.54, 1.807) is 6.26 Å². The van der Waals surface area contributed by atoms with Gasteiger partial charge >= 0.3 is 0 Å². The van der Waals surface area contributed by atoms with E-state index in [1.807, 2.05) is 7.05 Å².